The Kier molecular flexibility index (Phi) is 3.91. The first-order valence-electron chi connectivity index (χ1n) is 5.71. The van der Waals surface area contributed by atoms with Gasteiger partial charge in [0, 0.05) is 20.2 Å². The smallest absolute Gasteiger partial charge is 0.214 e. The summed E-state index contributed by atoms with van der Waals surface area (Å²) >= 11 is 0. The number of rotatable bonds is 3. The number of hydrogen-bond donors (Lipinski definition) is 0. The maximum Gasteiger partial charge on any atom is 0.214 e. The van der Waals surface area contributed by atoms with Crippen LogP contribution in [0.4, 0.5) is 10.2 Å². The zero-order valence-corrected chi connectivity index (χ0v) is 10.1. The van der Waals surface area contributed by atoms with E-state index in [1.807, 2.05) is 17.9 Å². The average Bonchev–Trinajstić information content (AvgIpc) is 2.28. The summed E-state index contributed by atoms with van der Waals surface area (Å²) in [5.74, 6) is 0.200. The molecule has 0 saturated carbocycles. The van der Waals surface area contributed by atoms with Crippen molar-refractivity contribution in [3.63, 3.8) is 0 Å². The van der Waals surface area contributed by atoms with Gasteiger partial charge in [0.15, 0.2) is 0 Å². The molecule has 0 aliphatic carbocycles. The van der Waals surface area contributed by atoms with Crippen molar-refractivity contribution in [3.8, 4) is 0 Å². The van der Waals surface area contributed by atoms with Crippen LogP contribution >= 0.6 is 0 Å². The Morgan fingerprint density at radius 2 is 2.35 bits per heavy atom. The van der Waals surface area contributed by atoms with Gasteiger partial charge >= 0.3 is 0 Å². The summed E-state index contributed by atoms with van der Waals surface area (Å²) in [5, 5.41) is 0. The van der Waals surface area contributed by atoms with Crippen molar-refractivity contribution < 1.29 is 13.9 Å². The van der Waals surface area contributed by atoms with Crippen LogP contribution < -0.4 is 4.90 Å². The molecule has 0 bridgehead atoms. The fourth-order valence-electron chi connectivity index (χ4n) is 2.08. The molecule has 2 rings (SSSR count). The standard InChI is InChI=1S/C12H17FN2O2/c1-9-6-15(7-10(17-9)8-16-2)12-5-3-4-11(13)14-12/h3-5,9-10H,6-8H2,1-2H3. The Bertz CT molecular complexity index is 375. The number of ether oxygens (including phenoxy) is 2. The minimum Gasteiger partial charge on any atom is -0.382 e. The van der Waals surface area contributed by atoms with Crippen LogP contribution in [0, 0.1) is 5.95 Å². The number of morpholine rings is 1. The van der Waals surface area contributed by atoms with Gasteiger partial charge in [-0.2, -0.15) is 4.39 Å². The Morgan fingerprint density at radius 3 is 3.06 bits per heavy atom. The molecular weight excluding hydrogens is 223 g/mol. The van der Waals surface area contributed by atoms with Gasteiger partial charge in [-0.15, -0.1) is 0 Å². The second kappa shape index (κ2) is 5.42. The normalized spacial score (nSPS) is 25.0. The molecule has 4 nitrogen and oxygen atoms in total. The van der Waals surface area contributed by atoms with Crippen LogP contribution in [0.5, 0.6) is 0 Å². The van der Waals surface area contributed by atoms with Crippen LogP contribution in [-0.4, -0.2) is 44.0 Å². The molecule has 2 atom stereocenters. The van der Waals surface area contributed by atoms with Crippen molar-refractivity contribution in [2.75, 3.05) is 31.7 Å². The van der Waals surface area contributed by atoms with Crippen LogP contribution in [0.2, 0.25) is 0 Å². The fraction of sp³-hybridized carbons (Fsp3) is 0.583. The second-order valence-electron chi connectivity index (χ2n) is 4.25. The summed E-state index contributed by atoms with van der Waals surface area (Å²) in [5.41, 5.74) is 0. The van der Waals surface area contributed by atoms with Crippen molar-refractivity contribution in [1.82, 2.24) is 4.98 Å². The van der Waals surface area contributed by atoms with E-state index >= 15 is 0 Å². The van der Waals surface area contributed by atoms with E-state index in [2.05, 4.69) is 4.98 Å². The average molecular weight is 240 g/mol. The van der Waals surface area contributed by atoms with Gasteiger partial charge in [0.25, 0.3) is 0 Å². The molecule has 1 saturated heterocycles. The second-order valence-corrected chi connectivity index (χ2v) is 4.25. The van der Waals surface area contributed by atoms with Crippen LogP contribution in [0.25, 0.3) is 0 Å². The number of anilines is 1. The lowest BCUT2D eigenvalue weighted by Gasteiger charge is -2.37. The highest BCUT2D eigenvalue weighted by Crippen LogP contribution is 2.18. The topological polar surface area (TPSA) is 34.6 Å². The summed E-state index contributed by atoms with van der Waals surface area (Å²) in [6, 6.07) is 4.83. The highest BCUT2D eigenvalue weighted by Gasteiger charge is 2.26. The minimum absolute atomic E-state index is 0.00816. The van der Waals surface area contributed by atoms with E-state index in [0.29, 0.717) is 19.0 Å². The molecule has 0 N–H and O–H groups in total. The predicted molar refractivity (Wildman–Crippen MR) is 62.6 cm³/mol. The third kappa shape index (κ3) is 3.14. The van der Waals surface area contributed by atoms with E-state index in [0.717, 1.165) is 6.54 Å². The lowest BCUT2D eigenvalue weighted by Crippen LogP contribution is -2.48. The quantitative estimate of drug-likeness (QED) is 0.749. The van der Waals surface area contributed by atoms with E-state index in [1.54, 1.807) is 13.2 Å². The number of pyridine rings is 1. The van der Waals surface area contributed by atoms with Gasteiger partial charge in [0.1, 0.15) is 5.82 Å². The summed E-state index contributed by atoms with van der Waals surface area (Å²) in [6.45, 7) is 3.93. The Hall–Kier alpha value is -1.20. The lowest BCUT2D eigenvalue weighted by molar-refractivity contribution is -0.0513. The van der Waals surface area contributed by atoms with Crippen LogP contribution in [0.3, 0.4) is 0 Å². The summed E-state index contributed by atoms with van der Waals surface area (Å²) in [4.78, 5) is 5.92. The third-order valence-corrected chi connectivity index (χ3v) is 2.70. The van der Waals surface area contributed by atoms with Crippen molar-refractivity contribution in [2.45, 2.75) is 19.1 Å². The molecule has 1 fully saturated rings. The molecule has 0 radical (unpaired) electrons. The Balaban J connectivity index is 2.09. The molecule has 0 spiro atoms. The summed E-state index contributed by atoms with van der Waals surface area (Å²) in [7, 11) is 1.65. The SMILES string of the molecule is COCC1CN(c2cccc(F)n2)CC(C)O1. The molecule has 0 aromatic carbocycles. The maximum atomic E-state index is 13.1. The van der Waals surface area contributed by atoms with Crippen molar-refractivity contribution in [3.05, 3.63) is 24.1 Å². The number of nitrogens with zero attached hydrogens (tertiary/aromatic N) is 2. The first kappa shape index (κ1) is 12.3. The van der Waals surface area contributed by atoms with Gasteiger partial charge in [0.05, 0.1) is 18.8 Å². The van der Waals surface area contributed by atoms with Crippen LogP contribution in [-0.2, 0) is 9.47 Å². The number of methoxy groups -OCH3 is 1. The van der Waals surface area contributed by atoms with E-state index in [-0.39, 0.29) is 12.2 Å². The number of halogens is 1. The number of aromatic nitrogens is 1. The third-order valence-electron chi connectivity index (χ3n) is 2.70. The van der Waals surface area contributed by atoms with E-state index in [9.17, 15) is 4.39 Å². The monoisotopic (exact) mass is 240 g/mol. The van der Waals surface area contributed by atoms with Crippen LogP contribution in [0.1, 0.15) is 6.92 Å². The van der Waals surface area contributed by atoms with Gasteiger partial charge in [-0.1, -0.05) is 6.07 Å². The molecule has 17 heavy (non-hydrogen) atoms. The van der Waals surface area contributed by atoms with Crippen molar-refractivity contribution in [1.29, 1.82) is 0 Å². The molecule has 1 aromatic heterocycles. The van der Waals surface area contributed by atoms with Crippen LogP contribution in [0.15, 0.2) is 18.2 Å². The zero-order valence-electron chi connectivity index (χ0n) is 10.1. The fourth-order valence-corrected chi connectivity index (χ4v) is 2.08. The van der Waals surface area contributed by atoms with E-state index in [1.165, 1.54) is 6.07 Å². The zero-order chi connectivity index (χ0) is 12.3. The van der Waals surface area contributed by atoms with Gasteiger partial charge in [0.2, 0.25) is 5.95 Å². The molecular formula is C12H17FN2O2. The molecule has 94 valence electrons. The largest absolute Gasteiger partial charge is 0.382 e. The maximum absolute atomic E-state index is 13.1. The first-order chi connectivity index (χ1) is 8.19. The van der Waals surface area contributed by atoms with Gasteiger partial charge in [-0.3, -0.25) is 0 Å². The Labute approximate surface area is 100 Å². The van der Waals surface area contributed by atoms with E-state index in [4.69, 9.17) is 9.47 Å². The number of hydrogen-bond acceptors (Lipinski definition) is 4. The molecule has 1 aliphatic heterocycles. The van der Waals surface area contributed by atoms with Crippen molar-refractivity contribution in [2.24, 2.45) is 0 Å². The molecule has 1 aliphatic rings. The molecule has 1 aromatic rings. The summed E-state index contributed by atoms with van der Waals surface area (Å²) < 4.78 is 23.9. The summed E-state index contributed by atoms with van der Waals surface area (Å²) in [6.07, 6.45) is 0.0998. The van der Waals surface area contributed by atoms with Crippen molar-refractivity contribution >= 4 is 5.82 Å². The first-order valence-corrected chi connectivity index (χ1v) is 5.71. The highest BCUT2D eigenvalue weighted by molar-refractivity contribution is 5.38. The van der Waals surface area contributed by atoms with Gasteiger partial charge < -0.3 is 14.4 Å². The Morgan fingerprint density at radius 1 is 1.53 bits per heavy atom. The predicted octanol–water partition coefficient (Wildman–Crippen LogP) is 1.46. The highest BCUT2D eigenvalue weighted by atomic mass is 19.1. The molecule has 5 heteroatoms. The molecule has 2 unspecified atom stereocenters. The molecule has 2 heterocycles. The molecule has 0 amide bonds. The van der Waals surface area contributed by atoms with E-state index < -0.39 is 5.95 Å². The van der Waals surface area contributed by atoms with Gasteiger partial charge in [-0.05, 0) is 19.1 Å². The van der Waals surface area contributed by atoms with Gasteiger partial charge in [-0.25, -0.2) is 4.98 Å². The lowest BCUT2D eigenvalue weighted by atomic mass is 10.2. The minimum atomic E-state index is -0.454.